The summed E-state index contributed by atoms with van der Waals surface area (Å²) < 4.78 is 43.1. The van der Waals surface area contributed by atoms with E-state index < -0.39 is 23.3 Å². The Bertz CT molecular complexity index is 1830. The average molecular weight is 622 g/mol. The van der Waals surface area contributed by atoms with E-state index in [2.05, 4.69) is 45.2 Å². The molecule has 0 aliphatic carbocycles. The van der Waals surface area contributed by atoms with Crippen LogP contribution >= 0.6 is 11.3 Å². The summed E-state index contributed by atoms with van der Waals surface area (Å²) in [7, 11) is 4.11. The van der Waals surface area contributed by atoms with Gasteiger partial charge in [0.25, 0.3) is 0 Å². The van der Waals surface area contributed by atoms with Gasteiger partial charge in [0.2, 0.25) is 5.95 Å². The number of ether oxygens (including phenoxy) is 2. The fourth-order valence-electron chi connectivity index (χ4n) is 5.84. The highest BCUT2D eigenvalue weighted by Crippen LogP contribution is 2.46. The van der Waals surface area contributed by atoms with E-state index >= 15 is 8.78 Å². The number of amides is 1. The molecule has 1 amide bonds. The summed E-state index contributed by atoms with van der Waals surface area (Å²) in [5, 5.41) is 13.5. The number of carbonyl (C=O) groups is 1. The van der Waals surface area contributed by atoms with Crippen molar-refractivity contribution < 1.29 is 23.0 Å². The molecule has 1 N–H and O–H groups in total. The topological polar surface area (TPSA) is 116 Å². The SMILES string of the molecule is CN(C)CC[C@H]1CCN(c2ncc3c4c(c(-c5ncc(F)c6sc(NC(=O)OC(C)(C)C)c(C#N)c56)c(F)c3n2)COC4)C1. The second-order valence-corrected chi connectivity index (χ2v) is 13.5. The lowest BCUT2D eigenvalue weighted by Crippen LogP contribution is -2.27. The number of hydrogen-bond donors (Lipinski definition) is 1. The van der Waals surface area contributed by atoms with Crippen molar-refractivity contribution in [3.8, 4) is 17.3 Å². The van der Waals surface area contributed by atoms with E-state index in [0.29, 0.717) is 22.8 Å². The van der Waals surface area contributed by atoms with E-state index in [1.807, 2.05) is 0 Å². The van der Waals surface area contributed by atoms with Crippen LogP contribution in [0.3, 0.4) is 0 Å². The number of anilines is 2. The Balaban J connectivity index is 1.47. The predicted octanol–water partition coefficient (Wildman–Crippen LogP) is 6.21. The number of fused-ring (bicyclic) bond motifs is 4. The van der Waals surface area contributed by atoms with Crippen molar-refractivity contribution in [1.82, 2.24) is 19.9 Å². The number of nitrogens with zero attached hydrogens (tertiary/aromatic N) is 6. The second kappa shape index (κ2) is 11.5. The standard InChI is InChI=1S/C31H33F2N7O3S/c1-31(2,3)43-30(41)38-28-17(10-34)23-26(35-12-21(32)27(23)44-28)22-20-15-42-14-19(20)18-11-36-29(37-25(18)24(22)33)40-9-7-16(13-40)6-8-39(4)5/h11-12,16H,6-9,13-15H2,1-5H3,(H,38,41)/t16-/m0/s1. The van der Waals surface area contributed by atoms with E-state index in [0.717, 1.165) is 55.6 Å². The van der Waals surface area contributed by atoms with E-state index in [4.69, 9.17) is 14.5 Å². The summed E-state index contributed by atoms with van der Waals surface area (Å²) in [6.45, 7) is 8.00. The monoisotopic (exact) mass is 621 g/mol. The number of hydrogen-bond acceptors (Lipinski definition) is 10. The molecule has 1 atom stereocenters. The molecule has 6 rings (SSSR count). The molecule has 2 aliphatic rings. The third-order valence-corrected chi connectivity index (χ3v) is 8.99. The van der Waals surface area contributed by atoms with Gasteiger partial charge in [-0.3, -0.25) is 10.3 Å². The quantitative estimate of drug-likeness (QED) is 0.268. The molecule has 0 saturated carbocycles. The van der Waals surface area contributed by atoms with E-state index in [9.17, 15) is 10.1 Å². The zero-order valence-corrected chi connectivity index (χ0v) is 26.1. The molecule has 0 bridgehead atoms. The van der Waals surface area contributed by atoms with Crippen molar-refractivity contribution in [3.05, 3.63) is 40.7 Å². The molecule has 2 aliphatic heterocycles. The summed E-state index contributed by atoms with van der Waals surface area (Å²) in [4.78, 5) is 30.4. The van der Waals surface area contributed by atoms with Gasteiger partial charge in [0.1, 0.15) is 22.2 Å². The lowest BCUT2D eigenvalue weighted by molar-refractivity contribution is 0.0636. The van der Waals surface area contributed by atoms with Crippen LogP contribution in [0, 0.1) is 28.9 Å². The number of thiophene rings is 1. The lowest BCUT2D eigenvalue weighted by Gasteiger charge is -2.19. The first-order valence-electron chi connectivity index (χ1n) is 14.4. The van der Waals surface area contributed by atoms with Gasteiger partial charge in [-0.05, 0) is 71.3 Å². The van der Waals surface area contributed by atoms with Gasteiger partial charge in [-0.15, -0.1) is 11.3 Å². The minimum absolute atomic E-state index is 0.0331. The van der Waals surface area contributed by atoms with Crippen LogP contribution in [0.1, 0.15) is 50.3 Å². The molecule has 1 aromatic carbocycles. The first kappa shape index (κ1) is 30.1. The van der Waals surface area contributed by atoms with Crippen molar-refractivity contribution in [3.63, 3.8) is 0 Å². The first-order chi connectivity index (χ1) is 20.9. The third-order valence-electron chi connectivity index (χ3n) is 7.87. The van der Waals surface area contributed by atoms with Crippen molar-refractivity contribution >= 4 is 49.4 Å². The number of rotatable bonds is 6. The van der Waals surface area contributed by atoms with Crippen LogP contribution in [-0.2, 0) is 22.7 Å². The molecule has 44 heavy (non-hydrogen) atoms. The molecule has 230 valence electrons. The lowest BCUT2D eigenvalue weighted by atomic mass is 9.94. The van der Waals surface area contributed by atoms with Crippen LogP contribution in [0.5, 0.6) is 0 Å². The number of benzene rings is 1. The van der Waals surface area contributed by atoms with E-state index in [1.54, 1.807) is 27.0 Å². The molecule has 0 spiro atoms. The average Bonchev–Trinajstić information content (AvgIpc) is 3.71. The van der Waals surface area contributed by atoms with Crippen LogP contribution in [0.4, 0.5) is 24.5 Å². The molecule has 0 unspecified atom stereocenters. The van der Waals surface area contributed by atoms with Gasteiger partial charge in [0.15, 0.2) is 11.6 Å². The molecule has 13 heteroatoms. The molecule has 4 aromatic rings. The van der Waals surface area contributed by atoms with Crippen molar-refractivity contribution in [1.29, 1.82) is 5.26 Å². The molecule has 10 nitrogen and oxygen atoms in total. The normalized spacial score (nSPS) is 16.6. The highest BCUT2D eigenvalue weighted by atomic mass is 32.1. The van der Waals surface area contributed by atoms with Gasteiger partial charge in [-0.25, -0.2) is 23.5 Å². The van der Waals surface area contributed by atoms with Gasteiger partial charge in [0, 0.05) is 35.6 Å². The van der Waals surface area contributed by atoms with Crippen LogP contribution in [-0.4, -0.2) is 65.3 Å². The van der Waals surface area contributed by atoms with E-state index in [-0.39, 0.29) is 50.6 Å². The maximum Gasteiger partial charge on any atom is 0.412 e. The first-order valence-corrected chi connectivity index (χ1v) is 15.3. The molecular formula is C31H33F2N7O3S. The molecule has 1 fully saturated rings. The molecule has 0 radical (unpaired) electrons. The van der Waals surface area contributed by atoms with Crippen molar-refractivity contribution in [2.24, 2.45) is 5.92 Å². The number of carbonyl (C=O) groups excluding carboxylic acids is 1. The predicted molar refractivity (Wildman–Crippen MR) is 165 cm³/mol. The van der Waals surface area contributed by atoms with Crippen LogP contribution in [0.2, 0.25) is 0 Å². The second-order valence-electron chi connectivity index (χ2n) is 12.5. The third kappa shape index (κ3) is 5.53. The summed E-state index contributed by atoms with van der Waals surface area (Å²) in [5.74, 6) is -0.399. The Morgan fingerprint density at radius 3 is 2.75 bits per heavy atom. The van der Waals surface area contributed by atoms with Crippen molar-refractivity contribution in [2.75, 3.05) is 43.9 Å². The highest BCUT2D eigenvalue weighted by molar-refractivity contribution is 7.23. The van der Waals surface area contributed by atoms with Gasteiger partial charge in [-0.2, -0.15) is 5.26 Å². The molecule has 5 heterocycles. The number of halogens is 2. The number of nitriles is 1. The maximum absolute atomic E-state index is 16.8. The van der Waals surface area contributed by atoms with Crippen molar-refractivity contribution in [2.45, 2.75) is 52.4 Å². The minimum atomic E-state index is -0.795. The van der Waals surface area contributed by atoms with Crippen LogP contribution < -0.4 is 10.2 Å². The largest absolute Gasteiger partial charge is 0.444 e. The molecule has 3 aromatic heterocycles. The summed E-state index contributed by atoms with van der Waals surface area (Å²) >= 11 is 0.868. The number of pyridine rings is 1. The maximum atomic E-state index is 16.8. The Morgan fingerprint density at radius 1 is 1.25 bits per heavy atom. The van der Waals surface area contributed by atoms with E-state index in [1.165, 1.54) is 0 Å². The minimum Gasteiger partial charge on any atom is -0.444 e. The Hall–Kier alpha value is -3.99. The summed E-state index contributed by atoms with van der Waals surface area (Å²) in [6, 6.07) is 2.06. The number of aromatic nitrogens is 3. The highest BCUT2D eigenvalue weighted by Gasteiger charge is 2.32. The van der Waals surface area contributed by atoms with Gasteiger partial charge in [-0.1, -0.05) is 0 Å². The zero-order chi connectivity index (χ0) is 31.3. The van der Waals surface area contributed by atoms with Gasteiger partial charge >= 0.3 is 6.09 Å². The number of nitrogens with one attached hydrogen (secondary N) is 1. The Morgan fingerprint density at radius 2 is 2.02 bits per heavy atom. The Labute approximate surface area is 257 Å². The van der Waals surface area contributed by atoms with Crippen LogP contribution in [0.25, 0.3) is 32.2 Å². The Kier molecular flexibility index (Phi) is 7.85. The molecule has 1 saturated heterocycles. The summed E-state index contributed by atoms with van der Waals surface area (Å²) in [5.41, 5.74) is 0.756. The molecular weight excluding hydrogens is 588 g/mol. The van der Waals surface area contributed by atoms with Crippen LogP contribution in [0.15, 0.2) is 12.4 Å². The van der Waals surface area contributed by atoms with Gasteiger partial charge in [0.05, 0.1) is 35.4 Å². The summed E-state index contributed by atoms with van der Waals surface area (Å²) in [6.07, 6.45) is 3.92. The van der Waals surface area contributed by atoms with Gasteiger partial charge < -0.3 is 19.3 Å². The smallest absolute Gasteiger partial charge is 0.412 e. The fraction of sp³-hybridized carbons (Fsp3) is 0.452. The fourth-order valence-corrected chi connectivity index (χ4v) is 6.88. The zero-order valence-electron chi connectivity index (χ0n) is 25.3.